The second-order valence-electron chi connectivity index (χ2n) is 8.70. The number of halogens is 3. The number of fused-ring (bicyclic) bond motifs is 3. The molecule has 2 aromatic heterocycles. The largest absolute Gasteiger partial charge is 0.305 e. The molecule has 5 rings (SSSR count). The lowest BCUT2D eigenvalue weighted by atomic mass is 10.1. The molecule has 0 radical (unpaired) electrons. The Morgan fingerprint density at radius 3 is 2.53 bits per heavy atom. The molecule has 0 saturated heterocycles. The van der Waals surface area contributed by atoms with Gasteiger partial charge in [0.25, 0.3) is 5.91 Å². The predicted octanol–water partition coefficient (Wildman–Crippen LogP) is 5.63. The van der Waals surface area contributed by atoms with Crippen LogP contribution in [0, 0.1) is 17.7 Å². The minimum absolute atomic E-state index is 0.0106. The van der Waals surface area contributed by atoms with Crippen LogP contribution in [-0.4, -0.2) is 50.4 Å². The first-order valence-corrected chi connectivity index (χ1v) is 12.5. The van der Waals surface area contributed by atoms with E-state index < -0.39 is 11.8 Å². The smallest absolute Gasteiger partial charge is 0.283 e. The molecule has 4 heterocycles. The zero-order valence-corrected chi connectivity index (χ0v) is 21.7. The Morgan fingerprint density at radius 2 is 1.92 bits per heavy atom. The van der Waals surface area contributed by atoms with Crippen molar-refractivity contribution in [1.82, 2.24) is 19.4 Å². The van der Waals surface area contributed by atoms with Crippen molar-refractivity contribution >= 4 is 29.3 Å². The van der Waals surface area contributed by atoms with E-state index in [2.05, 4.69) is 18.8 Å². The number of guanidine groups is 1. The number of hydrogen-bond donors (Lipinski definition) is 0. The fourth-order valence-corrected chi connectivity index (χ4v) is 4.57. The van der Waals surface area contributed by atoms with Crippen molar-refractivity contribution < 1.29 is 13.6 Å². The van der Waals surface area contributed by atoms with Gasteiger partial charge in [0.05, 0.1) is 19.1 Å². The summed E-state index contributed by atoms with van der Waals surface area (Å²) >= 11 is 6.35. The molecule has 7 nitrogen and oxygen atoms in total. The van der Waals surface area contributed by atoms with Gasteiger partial charge in [0.15, 0.2) is 5.69 Å². The molecule has 0 fully saturated rings. The highest BCUT2D eigenvalue weighted by molar-refractivity contribution is 6.31. The number of benzene rings is 1. The first kappa shape index (κ1) is 25.8. The maximum Gasteiger partial charge on any atom is 0.283 e. The Hall–Kier alpha value is -3.33. The van der Waals surface area contributed by atoms with E-state index in [0.29, 0.717) is 41.8 Å². The third-order valence-electron chi connectivity index (χ3n) is 6.19. The minimum Gasteiger partial charge on any atom is -0.305 e. The molecule has 10 heteroatoms. The molecular weight excluding hydrogens is 486 g/mol. The Morgan fingerprint density at radius 1 is 1.17 bits per heavy atom. The molecule has 2 aliphatic heterocycles. The van der Waals surface area contributed by atoms with Gasteiger partial charge in [-0.1, -0.05) is 45.4 Å². The number of amides is 1. The summed E-state index contributed by atoms with van der Waals surface area (Å²) in [5, 5.41) is 0.262. The molecular formula is C26H29ClF2N6O. The molecule has 0 aliphatic carbocycles. The van der Waals surface area contributed by atoms with Crippen LogP contribution in [0.15, 0.2) is 41.5 Å². The molecule has 0 N–H and O–H groups in total. The topological polar surface area (TPSA) is 66.6 Å². The summed E-state index contributed by atoms with van der Waals surface area (Å²) in [5.41, 5.74) is 1.48. The van der Waals surface area contributed by atoms with Crippen LogP contribution in [-0.2, 0) is 6.54 Å². The van der Waals surface area contributed by atoms with E-state index in [0.717, 1.165) is 0 Å². The van der Waals surface area contributed by atoms with Gasteiger partial charge < -0.3 is 4.57 Å². The molecule has 3 aromatic rings. The monoisotopic (exact) mass is 514 g/mol. The van der Waals surface area contributed by atoms with Gasteiger partial charge in [0.1, 0.15) is 17.5 Å². The van der Waals surface area contributed by atoms with E-state index in [1.165, 1.54) is 24.4 Å². The Balaban J connectivity index is 0.00000148. The normalized spacial score (nSPS) is 16.5. The number of carbonyl (C=O) groups excluding carboxylic acids is 1. The lowest BCUT2D eigenvalue weighted by Crippen LogP contribution is -2.50. The summed E-state index contributed by atoms with van der Waals surface area (Å²) in [5.74, 6) is 0.597. The fraction of sp³-hybridized carbons (Fsp3) is 0.385. The van der Waals surface area contributed by atoms with Gasteiger partial charge in [-0.2, -0.15) is 4.39 Å². The maximum atomic E-state index is 13.7. The molecule has 2 aliphatic rings. The first-order chi connectivity index (χ1) is 17.3. The lowest BCUT2D eigenvalue weighted by Gasteiger charge is -2.34. The van der Waals surface area contributed by atoms with Crippen molar-refractivity contribution in [3.8, 4) is 11.4 Å². The van der Waals surface area contributed by atoms with Crippen LogP contribution in [0.5, 0.6) is 0 Å². The summed E-state index contributed by atoms with van der Waals surface area (Å²) in [6, 6.07) is 7.02. The highest BCUT2D eigenvalue weighted by atomic mass is 35.5. The van der Waals surface area contributed by atoms with Gasteiger partial charge in [-0.3, -0.25) is 14.6 Å². The summed E-state index contributed by atoms with van der Waals surface area (Å²) in [6.07, 6.45) is 1.38. The highest BCUT2D eigenvalue weighted by Crippen LogP contribution is 2.38. The van der Waals surface area contributed by atoms with Crippen LogP contribution < -0.4 is 4.90 Å². The van der Waals surface area contributed by atoms with Gasteiger partial charge in [0.2, 0.25) is 11.9 Å². The second kappa shape index (κ2) is 10.3. The quantitative estimate of drug-likeness (QED) is 0.414. The Bertz CT molecular complexity index is 1300. The molecule has 0 bridgehead atoms. The van der Waals surface area contributed by atoms with Crippen molar-refractivity contribution in [2.75, 3.05) is 18.0 Å². The van der Waals surface area contributed by atoms with Crippen LogP contribution in [0.4, 0.5) is 14.6 Å². The summed E-state index contributed by atoms with van der Waals surface area (Å²) in [7, 11) is 0. The van der Waals surface area contributed by atoms with Gasteiger partial charge in [-0.05, 0) is 42.7 Å². The number of rotatable bonds is 5. The predicted molar refractivity (Wildman–Crippen MR) is 137 cm³/mol. The number of carbonyl (C=O) groups is 1. The van der Waals surface area contributed by atoms with Gasteiger partial charge in [0, 0.05) is 23.3 Å². The molecule has 190 valence electrons. The Labute approximate surface area is 214 Å². The second-order valence-corrected chi connectivity index (χ2v) is 9.11. The average Bonchev–Trinajstić information content (AvgIpc) is 3.46. The summed E-state index contributed by atoms with van der Waals surface area (Å²) in [4.78, 5) is 30.4. The molecule has 1 amide bonds. The van der Waals surface area contributed by atoms with Crippen LogP contribution in [0.3, 0.4) is 0 Å². The number of aliphatic imine (C=N–C) groups is 1. The zero-order valence-electron chi connectivity index (χ0n) is 21.0. The highest BCUT2D eigenvalue weighted by Gasteiger charge is 2.44. The van der Waals surface area contributed by atoms with Gasteiger partial charge in [-0.25, -0.2) is 19.4 Å². The van der Waals surface area contributed by atoms with Crippen LogP contribution in [0.1, 0.15) is 50.7 Å². The van der Waals surface area contributed by atoms with Crippen molar-refractivity contribution in [2.24, 2.45) is 10.9 Å². The van der Waals surface area contributed by atoms with Crippen molar-refractivity contribution in [2.45, 2.75) is 47.2 Å². The van der Waals surface area contributed by atoms with Gasteiger partial charge >= 0.3 is 0 Å². The van der Waals surface area contributed by atoms with Crippen LogP contribution in [0.25, 0.3) is 11.4 Å². The van der Waals surface area contributed by atoms with Crippen LogP contribution in [0.2, 0.25) is 5.02 Å². The number of imidazole rings is 1. The van der Waals surface area contributed by atoms with Crippen molar-refractivity contribution in [1.29, 1.82) is 0 Å². The van der Waals surface area contributed by atoms with Crippen LogP contribution >= 0.6 is 11.6 Å². The van der Waals surface area contributed by atoms with E-state index >= 15 is 0 Å². The molecule has 36 heavy (non-hydrogen) atoms. The molecule has 0 saturated carbocycles. The SMILES string of the molecule is CC.CCN1C(=O)c2nc(-c3ccc(F)nc3)n(Cc3ccc(F)cc3Cl)c2N2CC(C(C)C)N=C12. The number of pyridine rings is 1. The van der Waals surface area contributed by atoms with E-state index in [1.807, 2.05) is 30.2 Å². The molecule has 1 unspecified atom stereocenters. The average molecular weight is 515 g/mol. The number of nitrogens with zero attached hydrogens (tertiary/aromatic N) is 6. The maximum absolute atomic E-state index is 13.7. The first-order valence-electron chi connectivity index (χ1n) is 12.1. The minimum atomic E-state index is -0.616. The lowest BCUT2D eigenvalue weighted by molar-refractivity contribution is 0.0841. The standard InChI is InChI=1S/C24H23ClF2N6O.C2H6/c1-4-31-23(34)20-22(33-12-18(13(2)3)29-24(31)33)32(11-15-5-7-16(26)9-17(15)25)21(30-20)14-6-8-19(27)28-10-14;1-2/h5-10,13,18H,4,11-12H2,1-3H3;1-2H3. The number of anilines is 1. The third-order valence-corrected chi connectivity index (χ3v) is 6.54. The zero-order chi connectivity index (χ0) is 26.1. The summed E-state index contributed by atoms with van der Waals surface area (Å²) < 4.78 is 29.1. The molecule has 0 spiro atoms. The van der Waals surface area contributed by atoms with E-state index in [9.17, 15) is 13.6 Å². The van der Waals surface area contributed by atoms with E-state index in [4.69, 9.17) is 21.6 Å². The molecule has 1 aromatic carbocycles. The number of hydrogen-bond acceptors (Lipinski definition) is 5. The van der Waals surface area contributed by atoms with E-state index in [1.54, 1.807) is 17.0 Å². The van der Waals surface area contributed by atoms with Crippen molar-refractivity contribution in [3.05, 3.63) is 64.6 Å². The summed E-state index contributed by atoms with van der Waals surface area (Å²) in [6.45, 7) is 11.3. The number of aromatic nitrogens is 3. The van der Waals surface area contributed by atoms with Gasteiger partial charge in [-0.15, -0.1) is 0 Å². The fourth-order valence-electron chi connectivity index (χ4n) is 4.35. The third kappa shape index (κ3) is 4.48. The van der Waals surface area contributed by atoms with Crippen molar-refractivity contribution in [3.63, 3.8) is 0 Å². The Kier molecular flexibility index (Phi) is 7.40. The van der Waals surface area contributed by atoms with E-state index in [-0.39, 0.29) is 35.1 Å². The molecule has 1 atom stereocenters.